The van der Waals surface area contributed by atoms with Crippen LogP contribution < -0.4 is 5.73 Å². The molecule has 2 rings (SSSR count). The van der Waals surface area contributed by atoms with Crippen LogP contribution in [0.1, 0.15) is 17.6 Å². The molecule has 0 spiro atoms. The highest BCUT2D eigenvalue weighted by molar-refractivity contribution is 5.62. The fraction of sp³-hybridized carbons (Fsp3) is 0.250. The molecule has 1 atom stereocenters. The van der Waals surface area contributed by atoms with Crippen molar-refractivity contribution in [2.24, 2.45) is 5.73 Å². The minimum absolute atomic E-state index is 0.0731. The van der Waals surface area contributed by atoms with Gasteiger partial charge in [-0.05, 0) is 19.1 Å². The minimum atomic E-state index is -0.853. The molecule has 4 N–H and O–H groups in total. The van der Waals surface area contributed by atoms with Gasteiger partial charge in [0.1, 0.15) is 17.7 Å². The molecule has 90 valence electrons. The lowest BCUT2D eigenvalue weighted by atomic mass is 10.1. The third kappa shape index (κ3) is 2.20. The Labute approximate surface area is 98.3 Å². The molecule has 1 aromatic carbocycles. The summed E-state index contributed by atoms with van der Waals surface area (Å²) in [6, 6.07) is 6.39. The molecule has 17 heavy (non-hydrogen) atoms. The van der Waals surface area contributed by atoms with E-state index in [4.69, 9.17) is 5.73 Å². The highest BCUT2D eigenvalue weighted by atomic mass is 19.1. The average molecular weight is 235 g/mol. The molecule has 1 heterocycles. The highest BCUT2D eigenvalue weighted by Gasteiger charge is 2.16. The van der Waals surface area contributed by atoms with E-state index in [0.29, 0.717) is 22.8 Å². The molecule has 0 saturated heterocycles. The fourth-order valence-electron chi connectivity index (χ4n) is 1.67. The number of halogens is 1. The fourth-order valence-corrected chi connectivity index (χ4v) is 1.67. The Morgan fingerprint density at radius 3 is 2.82 bits per heavy atom. The zero-order valence-electron chi connectivity index (χ0n) is 9.44. The van der Waals surface area contributed by atoms with Gasteiger partial charge in [-0.15, -0.1) is 0 Å². The van der Waals surface area contributed by atoms with Crippen LogP contribution in [0.3, 0.4) is 0 Å². The maximum absolute atomic E-state index is 13.6. The lowest BCUT2D eigenvalue weighted by Gasteiger charge is -2.02. The summed E-state index contributed by atoms with van der Waals surface area (Å²) in [5, 5.41) is 9.57. The smallest absolute Gasteiger partial charge is 0.137 e. The number of nitrogens with two attached hydrogens (primary N) is 1. The van der Waals surface area contributed by atoms with Gasteiger partial charge >= 0.3 is 0 Å². The maximum atomic E-state index is 13.6. The third-order valence-corrected chi connectivity index (χ3v) is 2.57. The highest BCUT2D eigenvalue weighted by Crippen LogP contribution is 2.25. The number of imidazole rings is 1. The largest absolute Gasteiger partial charge is 0.384 e. The van der Waals surface area contributed by atoms with Crippen LogP contribution in [0.2, 0.25) is 0 Å². The van der Waals surface area contributed by atoms with E-state index in [2.05, 4.69) is 9.97 Å². The van der Waals surface area contributed by atoms with Crippen LogP contribution in [-0.4, -0.2) is 21.6 Å². The van der Waals surface area contributed by atoms with E-state index in [1.807, 2.05) is 0 Å². The summed E-state index contributed by atoms with van der Waals surface area (Å²) in [4.78, 5) is 7.10. The molecule has 0 saturated carbocycles. The Bertz CT molecular complexity index is 524. The van der Waals surface area contributed by atoms with Gasteiger partial charge in [-0.2, -0.15) is 0 Å². The van der Waals surface area contributed by atoms with Gasteiger partial charge in [-0.1, -0.05) is 12.1 Å². The molecule has 0 fully saturated rings. The molecule has 0 aliphatic carbocycles. The van der Waals surface area contributed by atoms with Crippen LogP contribution in [0.4, 0.5) is 4.39 Å². The second kappa shape index (κ2) is 4.65. The number of aryl methyl sites for hydroxylation is 1. The SMILES string of the molecule is Cc1[nH]c(C(O)CN)nc1-c1ccccc1F. The number of nitrogens with one attached hydrogen (secondary N) is 1. The van der Waals surface area contributed by atoms with Crippen molar-refractivity contribution in [2.75, 3.05) is 6.54 Å². The molecule has 0 radical (unpaired) electrons. The first-order valence-corrected chi connectivity index (χ1v) is 5.33. The van der Waals surface area contributed by atoms with E-state index in [0.717, 1.165) is 0 Å². The second-order valence-corrected chi connectivity index (χ2v) is 3.83. The van der Waals surface area contributed by atoms with Crippen LogP contribution in [0.5, 0.6) is 0 Å². The maximum Gasteiger partial charge on any atom is 0.137 e. The monoisotopic (exact) mass is 235 g/mol. The van der Waals surface area contributed by atoms with Gasteiger partial charge in [0.25, 0.3) is 0 Å². The molecule has 2 aromatic rings. The first-order valence-electron chi connectivity index (χ1n) is 5.33. The van der Waals surface area contributed by atoms with E-state index in [-0.39, 0.29) is 12.4 Å². The topological polar surface area (TPSA) is 74.9 Å². The normalized spacial score (nSPS) is 12.7. The van der Waals surface area contributed by atoms with E-state index >= 15 is 0 Å². The predicted octanol–water partition coefficient (Wildman–Crippen LogP) is 1.52. The summed E-state index contributed by atoms with van der Waals surface area (Å²) in [5.41, 5.74) is 6.97. The van der Waals surface area contributed by atoms with Crippen molar-refractivity contribution in [3.8, 4) is 11.3 Å². The van der Waals surface area contributed by atoms with Gasteiger partial charge in [-0.3, -0.25) is 0 Å². The molecule has 1 unspecified atom stereocenters. The number of rotatable bonds is 3. The van der Waals surface area contributed by atoms with Crippen molar-refractivity contribution >= 4 is 0 Å². The Balaban J connectivity index is 2.47. The molecule has 0 aliphatic heterocycles. The number of hydrogen-bond acceptors (Lipinski definition) is 3. The molecular formula is C12H14FN3O. The molecular weight excluding hydrogens is 221 g/mol. The number of nitrogens with zero attached hydrogens (tertiary/aromatic N) is 1. The van der Waals surface area contributed by atoms with Gasteiger partial charge in [0.05, 0.1) is 5.69 Å². The number of benzene rings is 1. The number of aliphatic hydroxyl groups excluding tert-OH is 1. The first-order chi connectivity index (χ1) is 8.13. The quantitative estimate of drug-likeness (QED) is 0.755. The van der Waals surface area contributed by atoms with Crippen LogP contribution in [0.25, 0.3) is 11.3 Å². The van der Waals surface area contributed by atoms with Crippen molar-refractivity contribution < 1.29 is 9.50 Å². The van der Waals surface area contributed by atoms with Gasteiger partial charge in [0.15, 0.2) is 0 Å². The van der Waals surface area contributed by atoms with Crippen molar-refractivity contribution in [3.05, 3.63) is 41.6 Å². The third-order valence-electron chi connectivity index (χ3n) is 2.57. The Hall–Kier alpha value is -1.72. The number of hydrogen-bond donors (Lipinski definition) is 3. The van der Waals surface area contributed by atoms with E-state index in [1.165, 1.54) is 6.07 Å². The predicted molar refractivity (Wildman–Crippen MR) is 62.7 cm³/mol. The van der Waals surface area contributed by atoms with E-state index in [9.17, 15) is 9.50 Å². The van der Waals surface area contributed by atoms with Crippen molar-refractivity contribution in [3.63, 3.8) is 0 Å². The van der Waals surface area contributed by atoms with Crippen molar-refractivity contribution in [2.45, 2.75) is 13.0 Å². The first kappa shape index (κ1) is 11.8. The summed E-state index contributed by atoms with van der Waals surface area (Å²) in [6.07, 6.45) is -0.853. The van der Waals surface area contributed by atoms with Crippen molar-refractivity contribution in [1.29, 1.82) is 0 Å². The molecule has 1 aromatic heterocycles. The van der Waals surface area contributed by atoms with Crippen LogP contribution >= 0.6 is 0 Å². The van der Waals surface area contributed by atoms with Crippen LogP contribution in [0.15, 0.2) is 24.3 Å². The summed E-state index contributed by atoms with van der Waals surface area (Å²) >= 11 is 0. The lowest BCUT2D eigenvalue weighted by molar-refractivity contribution is 0.177. The number of aromatic nitrogens is 2. The lowest BCUT2D eigenvalue weighted by Crippen LogP contribution is -2.12. The Morgan fingerprint density at radius 1 is 1.47 bits per heavy atom. The molecule has 0 aliphatic rings. The molecule has 0 amide bonds. The minimum Gasteiger partial charge on any atom is -0.384 e. The Kier molecular flexibility index (Phi) is 3.21. The van der Waals surface area contributed by atoms with E-state index < -0.39 is 6.10 Å². The van der Waals surface area contributed by atoms with Crippen LogP contribution in [0, 0.1) is 12.7 Å². The van der Waals surface area contributed by atoms with Gasteiger partial charge in [0.2, 0.25) is 0 Å². The second-order valence-electron chi connectivity index (χ2n) is 3.83. The number of aliphatic hydroxyl groups is 1. The summed E-state index contributed by atoms with van der Waals surface area (Å²) in [5.74, 6) is 0.0270. The average Bonchev–Trinajstić information content (AvgIpc) is 2.71. The molecule has 5 heteroatoms. The van der Waals surface area contributed by atoms with Crippen molar-refractivity contribution in [1.82, 2.24) is 9.97 Å². The van der Waals surface area contributed by atoms with Crippen LogP contribution in [-0.2, 0) is 0 Å². The van der Waals surface area contributed by atoms with E-state index in [1.54, 1.807) is 25.1 Å². The summed E-state index contributed by atoms with van der Waals surface area (Å²) in [6.45, 7) is 1.85. The standard InChI is InChI=1S/C12H14FN3O/c1-7-11(8-4-2-3-5-9(8)13)16-12(15-7)10(17)6-14/h2-5,10,17H,6,14H2,1H3,(H,15,16). The number of H-pyrrole nitrogens is 1. The Morgan fingerprint density at radius 2 is 2.18 bits per heavy atom. The zero-order valence-corrected chi connectivity index (χ0v) is 9.44. The zero-order chi connectivity index (χ0) is 12.4. The summed E-state index contributed by atoms with van der Waals surface area (Å²) in [7, 11) is 0. The van der Waals surface area contributed by atoms with Gasteiger partial charge < -0.3 is 15.8 Å². The van der Waals surface area contributed by atoms with Gasteiger partial charge in [-0.25, -0.2) is 9.37 Å². The van der Waals surface area contributed by atoms with Gasteiger partial charge in [0, 0.05) is 17.8 Å². The molecule has 0 bridgehead atoms. The number of aromatic amines is 1. The molecule has 4 nitrogen and oxygen atoms in total. The summed E-state index contributed by atoms with van der Waals surface area (Å²) < 4.78 is 13.6.